The molecule has 5 aromatic carbocycles. The molecule has 0 heterocycles. The molecule has 1 nitrogen and oxygen atoms in total. The fourth-order valence-corrected chi connectivity index (χ4v) is 7.33. The first kappa shape index (κ1) is 22.8. The number of hydrogen-bond donors (Lipinski definition) is 0. The Labute approximate surface area is 225 Å². The zero-order valence-corrected chi connectivity index (χ0v) is 21.9. The topological polar surface area (TPSA) is 4.36 Å². The highest BCUT2D eigenvalue weighted by Crippen LogP contribution is 2.60. The van der Waals surface area contributed by atoms with E-state index in [2.05, 4.69) is 122 Å². The molecule has 0 aliphatic heterocycles. The van der Waals surface area contributed by atoms with Gasteiger partial charge in [-0.2, -0.15) is 0 Å². The minimum atomic E-state index is -0.382. The van der Waals surface area contributed by atoms with Crippen molar-refractivity contribution < 1.29 is 0 Å². The highest BCUT2D eigenvalue weighted by Gasteiger charge is 2.50. The van der Waals surface area contributed by atoms with E-state index >= 15 is 0 Å². The van der Waals surface area contributed by atoms with Crippen molar-refractivity contribution in [1.82, 2.24) is 0 Å². The van der Waals surface area contributed by atoms with Crippen LogP contribution in [0.2, 0.25) is 0 Å². The highest BCUT2D eigenvalue weighted by molar-refractivity contribution is 5.89. The zero-order valence-electron chi connectivity index (χ0n) is 21.9. The van der Waals surface area contributed by atoms with Crippen LogP contribution in [0.15, 0.2) is 103 Å². The molecule has 0 saturated heterocycles. The maximum absolute atomic E-state index is 7.63. The van der Waals surface area contributed by atoms with Crippen molar-refractivity contribution in [3.8, 4) is 11.1 Å². The Balaban J connectivity index is 1.57. The monoisotopic (exact) mass is 487 g/mol. The standard InChI is InChI=1S/C37H29N/c1-24-18-25(2)20-26(19-24)21-28-11-8-17-35-36(28)30-13-5-7-15-33(30)37(35)32-14-6-4-10-27(32)22-31-29(23-38-3)12-9-16-34(31)37/h4-20H,21-23H2,1-2H3. The van der Waals surface area contributed by atoms with Gasteiger partial charge in [-0.3, -0.25) is 0 Å². The Morgan fingerprint density at radius 2 is 1.34 bits per heavy atom. The molecule has 2 aliphatic rings. The van der Waals surface area contributed by atoms with Crippen LogP contribution >= 0.6 is 0 Å². The molecule has 0 radical (unpaired) electrons. The quantitative estimate of drug-likeness (QED) is 0.220. The smallest absolute Gasteiger partial charge is 0.240 e. The number of rotatable bonds is 3. The van der Waals surface area contributed by atoms with Crippen molar-refractivity contribution in [2.75, 3.05) is 0 Å². The Morgan fingerprint density at radius 1 is 0.684 bits per heavy atom. The number of fused-ring (bicyclic) bond motifs is 9. The van der Waals surface area contributed by atoms with E-state index in [4.69, 9.17) is 6.57 Å². The Kier molecular flexibility index (Phi) is 5.14. The van der Waals surface area contributed by atoms with Crippen LogP contribution in [0.25, 0.3) is 16.0 Å². The summed E-state index contributed by atoms with van der Waals surface area (Å²) in [6.07, 6.45) is 1.78. The van der Waals surface area contributed by atoms with E-state index < -0.39 is 0 Å². The van der Waals surface area contributed by atoms with Crippen molar-refractivity contribution in [3.05, 3.63) is 176 Å². The third-order valence-corrected chi connectivity index (χ3v) is 8.55. The van der Waals surface area contributed by atoms with E-state index in [-0.39, 0.29) is 5.41 Å². The van der Waals surface area contributed by atoms with E-state index in [1.807, 2.05) is 0 Å². The molecule has 1 atom stereocenters. The van der Waals surface area contributed by atoms with E-state index in [9.17, 15) is 0 Å². The van der Waals surface area contributed by atoms with Crippen molar-refractivity contribution in [3.63, 3.8) is 0 Å². The molecule has 1 unspecified atom stereocenters. The Morgan fingerprint density at radius 3 is 2.13 bits per heavy atom. The van der Waals surface area contributed by atoms with Crippen LogP contribution in [0.4, 0.5) is 0 Å². The summed E-state index contributed by atoms with van der Waals surface area (Å²) in [4.78, 5) is 3.80. The average Bonchev–Trinajstić information content (AvgIpc) is 3.21. The largest absolute Gasteiger partial charge is 0.312 e. The predicted molar refractivity (Wildman–Crippen MR) is 156 cm³/mol. The maximum atomic E-state index is 7.63. The lowest BCUT2D eigenvalue weighted by Gasteiger charge is -2.40. The van der Waals surface area contributed by atoms with Gasteiger partial charge in [0.05, 0.1) is 5.41 Å². The molecule has 182 valence electrons. The van der Waals surface area contributed by atoms with Crippen molar-refractivity contribution in [2.24, 2.45) is 0 Å². The van der Waals surface area contributed by atoms with Gasteiger partial charge >= 0.3 is 0 Å². The molecule has 0 aromatic heterocycles. The van der Waals surface area contributed by atoms with E-state index in [0.717, 1.165) is 18.4 Å². The Bertz CT molecular complexity index is 1760. The summed E-state index contributed by atoms with van der Waals surface area (Å²) in [6, 6.07) is 38.4. The predicted octanol–water partition coefficient (Wildman–Crippen LogP) is 8.58. The maximum Gasteiger partial charge on any atom is 0.240 e. The van der Waals surface area contributed by atoms with Gasteiger partial charge in [-0.15, -0.1) is 0 Å². The zero-order chi connectivity index (χ0) is 25.9. The summed E-state index contributed by atoms with van der Waals surface area (Å²) >= 11 is 0. The number of aryl methyl sites for hydroxylation is 2. The molecule has 38 heavy (non-hydrogen) atoms. The molecular weight excluding hydrogens is 458 g/mol. The summed E-state index contributed by atoms with van der Waals surface area (Å²) in [5.74, 6) is 0. The summed E-state index contributed by atoms with van der Waals surface area (Å²) in [5, 5.41) is 0. The second-order valence-electron chi connectivity index (χ2n) is 10.9. The first-order valence-corrected chi connectivity index (χ1v) is 13.4. The van der Waals surface area contributed by atoms with E-state index in [0.29, 0.717) is 6.54 Å². The van der Waals surface area contributed by atoms with Crippen molar-refractivity contribution in [1.29, 1.82) is 0 Å². The minimum absolute atomic E-state index is 0.382. The van der Waals surface area contributed by atoms with Gasteiger partial charge in [0.25, 0.3) is 0 Å². The van der Waals surface area contributed by atoms with Gasteiger partial charge in [-0.05, 0) is 82.3 Å². The third kappa shape index (κ3) is 3.17. The molecule has 2 aliphatic carbocycles. The van der Waals surface area contributed by atoms with Crippen LogP contribution in [-0.2, 0) is 24.8 Å². The molecule has 0 amide bonds. The van der Waals surface area contributed by atoms with Gasteiger partial charge in [0.2, 0.25) is 6.54 Å². The molecule has 0 fully saturated rings. The van der Waals surface area contributed by atoms with Gasteiger partial charge in [0, 0.05) is 5.56 Å². The molecule has 7 rings (SSSR count). The molecule has 5 aromatic rings. The second-order valence-corrected chi connectivity index (χ2v) is 10.9. The van der Waals surface area contributed by atoms with Gasteiger partial charge in [0.1, 0.15) is 0 Å². The SMILES string of the molecule is [C-]#[N+]Cc1cccc2c1Cc1ccccc1C21c2ccccc2-c2c(Cc3cc(C)cc(C)c3)cccc21. The molecule has 0 N–H and O–H groups in total. The summed E-state index contributed by atoms with van der Waals surface area (Å²) in [5.41, 5.74) is 17.0. The third-order valence-electron chi connectivity index (χ3n) is 8.55. The Hall–Kier alpha value is -4.41. The number of hydrogen-bond acceptors (Lipinski definition) is 0. The van der Waals surface area contributed by atoms with Crippen LogP contribution < -0.4 is 0 Å². The first-order valence-electron chi connectivity index (χ1n) is 13.4. The molecule has 0 saturated carbocycles. The lowest BCUT2D eigenvalue weighted by atomic mass is 9.61. The summed E-state index contributed by atoms with van der Waals surface area (Å²) in [6.45, 7) is 12.4. The molecular formula is C37H29N. The lowest BCUT2D eigenvalue weighted by Crippen LogP contribution is -2.34. The summed E-state index contributed by atoms with van der Waals surface area (Å²) in [7, 11) is 0. The molecule has 1 spiro atoms. The average molecular weight is 488 g/mol. The highest BCUT2D eigenvalue weighted by atomic mass is 14.6. The fraction of sp³-hybridized carbons (Fsp3) is 0.162. The second kappa shape index (κ2) is 8.57. The minimum Gasteiger partial charge on any atom is -0.312 e. The van der Waals surface area contributed by atoms with E-state index in [1.54, 1.807) is 0 Å². The molecule has 0 bridgehead atoms. The van der Waals surface area contributed by atoms with Gasteiger partial charge in [0.15, 0.2) is 0 Å². The van der Waals surface area contributed by atoms with Gasteiger partial charge in [-0.1, -0.05) is 114 Å². The van der Waals surface area contributed by atoms with Crippen molar-refractivity contribution in [2.45, 2.75) is 38.6 Å². The van der Waals surface area contributed by atoms with E-state index in [1.165, 1.54) is 66.8 Å². The van der Waals surface area contributed by atoms with Crippen LogP contribution in [0, 0.1) is 20.4 Å². The first-order chi connectivity index (χ1) is 18.6. The normalized spacial score (nSPS) is 16.3. The fourth-order valence-electron chi connectivity index (χ4n) is 7.33. The van der Waals surface area contributed by atoms with Crippen LogP contribution in [0.5, 0.6) is 0 Å². The lowest BCUT2D eigenvalue weighted by molar-refractivity contribution is 0.717. The summed E-state index contributed by atoms with van der Waals surface area (Å²) < 4.78 is 0. The van der Waals surface area contributed by atoms with Crippen LogP contribution in [-0.4, -0.2) is 0 Å². The van der Waals surface area contributed by atoms with Crippen molar-refractivity contribution >= 4 is 0 Å². The van der Waals surface area contributed by atoms with Crippen LogP contribution in [0.1, 0.15) is 61.2 Å². The van der Waals surface area contributed by atoms with Crippen LogP contribution in [0.3, 0.4) is 0 Å². The number of benzene rings is 5. The van der Waals surface area contributed by atoms with Gasteiger partial charge < -0.3 is 4.85 Å². The number of nitrogens with zero attached hydrogens (tertiary/aromatic N) is 1. The van der Waals surface area contributed by atoms with Gasteiger partial charge in [-0.25, -0.2) is 6.57 Å². The molecule has 1 heteroatoms.